The highest BCUT2D eigenvalue weighted by molar-refractivity contribution is 5.83. The smallest absolute Gasteiger partial charge is 0.226 e. The number of pyridine rings is 1. The molecule has 2 aromatic rings. The maximum atomic E-state index is 12.7. The predicted octanol–water partition coefficient (Wildman–Crippen LogP) is 1.14. The van der Waals surface area contributed by atoms with Crippen LogP contribution in [0.2, 0.25) is 0 Å². The lowest BCUT2D eigenvalue weighted by Crippen LogP contribution is -2.49. The summed E-state index contributed by atoms with van der Waals surface area (Å²) in [6.45, 7) is 2.98. The normalized spacial score (nSPS) is 22.6. The predicted molar refractivity (Wildman–Crippen MR) is 91.8 cm³/mol. The van der Waals surface area contributed by atoms with Crippen LogP contribution in [0.1, 0.15) is 23.5 Å². The topological polar surface area (TPSA) is 78.0 Å². The molecule has 0 radical (unpaired) electrons. The number of piperazine rings is 1. The van der Waals surface area contributed by atoms with Crippen molar-refractivity contribution in [3.63, 3.8) is 0 Å². The van der Waals surface area contributed by atoms with Gasteiger partial charge in [0.2, 0.25) is 5.91 Å². The lowest BCUT2D eigenvalue weighted by molar-refractivity contribution is -0.133. The van der Waals surface area contributed by atoms with E-state index in [-0.39, 0.29) is 11.8 Å². The maximum absolute atomic E-state index is 12.7. The van der Waals surface area contributed by atoms with E-state index in [0.717, 1.165) is 38.4 Å². The zero-order valence-electron chi connectivity index (χ0n) is 14.2. The third kappa shape index (κ3) is 3.07. The van der Waals surface area contributed by atoms with Crippen LogP contribution < -0.4 is 4.90 Å². The van der Waals surface area contributed by atoms with Crippen LogP contribution in [0.4, 0.5) is 5.82 Å². The Morgan fingerprint density at radius 1 is 1.24 bits per heavy atom. The Bertz CT molecular complexity index is 813. The van der Waals surface area contributed by atoms with E-state index >= 15 is 0 Å². The molecule has 1 aliphatic heterocycles. The minimum Gasteiger partial charge on any atom is -0.353 e. The molecule has 4 rings (SSSR count). The zero-order valence-corrected chi connectivity index (χ0v) is 14.2. The van der Waals surface area contributed by atoms with Gasteiger partial charge in [0.05, 0.1) is 11.8 Å². The molecule has 2 aliphatic rings. The van der Waals surface area contributed by atoms with Gasteiger partial charge in [-0.3, -0.25) is 9.48 Å². The summed E-state index contributed by atoms with van der Waals surface area (Å²) in [6.07, 6.45) is 6.40. The standard InChI is InChI=1S/C18H20N6O/c1-22-12-14(11-21-22)15-8-16(15)18(25)24-6-4-23(5-7-24)17-3-2-13(9-19)10-20-17/h2-3,10-12,15-16H,4-8H2,1H3. The summed E-state index contributed by atoms with van der Waals surface area (Å²) in [6, 6.07) is 5.73. The van der Waals surface area contributed by atoms with Crippen molar-refractivity contribution in [3.8, 4) is 6.07 Å². The molecule has 2 aromatic heterocycles. The second-order valence-corrected chi connectivity index (χ2v) is 6.73. The third-order valence-electron chi connectivity index (χ3n) is 5.05. The number of aromatic nitrogens is 3. The van der Waals surface area contributed by atoms with Crippen LogP contribution in [-0.4, -0.2) is 51.8 Å². The molecular weight excluding hydrogens is 316 g/mol. The van der Waals surface area contributed by atoms with Crippen LogP contribution in [0.25, 0.3) is 0 Å². The minimum atomic E-state index is 0.115. The third-order valence-corrected chi connectivity index (χ3v) is 5.05. The number of aryl methyl sites for hydroxylation is 1. The van der Waals surface area contributed by atoms with Gasteiger partial charge in [0, 0.05) is 51.5 Å². The molecule has 2 unspecified atom stereocenters. The first-order valence-corrected chi connectivity index (χ1v) is 8.54. The first-order chi connectivity index (χ1) is 12.2. The number of hydrogen-bond donors (Lipinski definition) is 0. The fourth-order valence-corrected chi connectivity index (χ4v) is 3.50. The molecule has 128 valence electrons. The van der Waals surface area contributed by atoms with Crippen LogP contribution in [0.15, 0.2) is 30.7 Å². The lowest BCUT2D eigenvalue weighted by Gasteiger charge is -2.35. The Morgan fingerprint density at radius 2 is 2.04 bits per heavy atom. The summed E-state index contributed by atoms with van der Waals surface area (Å²) in [5, 5.41) is 13.0. The summed E-state index contributed by atoms with van der Waals surface area (Å²) < 4.78 is 1.79. The summed E-state index contributed by atoms with van der Waals surface area (Å²) in [4.78, 5) is 21.2. The van der Waals surface area contributed by atoms with E-state index in [1.807, 2.05) is 30.4 Å². The van der Waals surface area contributed by atoms with Crippen molar-refractivity contribution < 1.29 is 4.79 Å². The molecule has 2 fully saturated rings. The number of nitrogens with zero attached hydrogens (tertiary/aromatic N) is 6. The van der Waals surface area contributed by atoms with E-state index in [9.17, 15) is 4.79 Å². The molecule has 7 nitrogen and oxygen atoms in total. The van der Waals surface area contributed by atoms with E-state index in [1.165, 1.54) is 5.56 Å². The first-order valence-electron chi connectivity index (χ1n) is 8.54. The number of hydrogen-bond acceptors (Lipinski definition) is 5. The van der Waals surface area contributed by atoms with Gasteiger partial charge in [-0.05, 0) is 30.0 Å². The highest BCUT2D eigenvalue weighted by Gasteiger charge is 2.46. The number of carbonyl (C=O) groups is 1. The Balaban J connectivity index is 1.33. The van der Waals surface area contributed by atoms with E-state index in [0.29, 0.717) is 11.5 Å². The number of anilines is 1. The van der Waals surface area contributed by atoms with Gasteiger partial charge in [-0.15, -0.1) is 0 Å². The zero-order chi connectivity index (χ0) is 17.4. The van der Waals surface area contributed by atoms with Gasteiger partial charge >= 0.3 is 0 Å². The molecule has 1 saturated carbocycles. The number of nitriles is 1. The van der Waals surface area contributed by atoms with Crippen molar-refractivity contribution in [1.82, 2.24) is 19.7 Å². The van der Waals surface area contributed by atoms with Crippen LogP contribution in [0, 0.1) is 17.2 Å². The largest absolute Gasteiger partial charge is 0.353 e. The SMILES string of the molecule is Cn1cc(C2CC2C(=O)N2CCN(c3ccc(C#N)cn3)CC2)cn1. The molecule has 1 amide bonds. The van der Waals surface area contributed by atoms with Crippen molar-refractivity contribution in [3.05, 3.63) is 41.9 Å². The molecule has 7 heteroatoms. The highest BCUT2D eigenvalue weighted by Crippen LogP contribution is 2.48. The van der Waals surface area contributed by atoms with Crippen LogP contribution in [0.5, 0.6) is 0 Å². The molecule has 3 heterocycles. The molecule has 0 N–H and O–H groups in total. The number of rotatable bonds is 3. The summed E-state index contributed by atoms with van der Waals surface area (Å²) in [5.74, 6) is 1.58. The van der Waals surface area contributed by atoms with Gasteiger partial charge < -0.3 is 9.80 Å². The van der Waals surface area contributed by atoms with Gasteiger partial charge in [-0.2, -0.15) is 10.4 Å². The van der Waals surface area contributed by atoms with Crippen LogP contribution >= 0.6 is 0 Å². The summed E-state index contributed by atoms with van der Waals surface area (Å²) >= 11 is 0. The van der Waals surface area contributed by atoms with Gasteiger partial charge in [-0.1, -0.05) is 0 Å². The van der Waals surface area contributed by atoms with Gasteiger partial charge in [0.1, 0.15) is 11.9 Å². The highest BCUT2D eigenvalue weighted by atomic mass is 16.2. The second-order valence-electron chi connectivity index (χ2n) is 6.73. The molecule has 0 spiro atoms. The second kappa shape index (κ2) is 6.20. The van der Waals surface area contributed by atoms with Crippen LogP contribution in [0.3, 0.4) is 0 Å². The Labute approximate surface area is 146 Å². The fraction of sp³-hybridized carbons (Fsp3) is 0.444. The fourth-order valence-electron chi connectivity index (χ4n) is 3.50. The monoisotopic (exact) mass is 336 g/mol. The van der Waals surface area contributed by atoms with Crippen molar-refractivity contribution in [2.75, 3.05) is 31.1 Å². The van der Waals surface area contributed by atoms with Gasteiger partial charge in [0.25, 0.3) is 0 Å². The van der Waals surface area contributed by atoms with Crippen molar-refractivity contribution in [2.45, 2.75) is 12.3 Å². The molecule has 1 saturated heterocycles. The van der Waals surface area contributed by atoms with E-state index < -0.39 is 0 Å². The molecular formula is C18H20N6O. The number of amides is 1. The molecule has 1 aliphatic carbocycles. The van der Waals surface area contributed by atoms with E-state index in [1.54, 1.807) is 16.9 Å². The Kier molecular flexibility index (Phi) is 3.88. The lowest BCUT2D eigenvalue weighted by atomic mass is 10.1. The Morgan fingerprint density at radius 3 is 2.64 bits per heavy atom. The van der Waals surface area contributed by atoms with Crippen molar-refractivity contribution >= 4 is 11.7 Å². The average Bonchev–Trinajstić information content (AvgIpc) is 3.35. The van der Waals surface area contributed by atoms with Gasteiger partial charge in [-0.25, -0.2) is 4.98 Å². The summed E-state index contributed by atoms with van der Waals surface area (Å²) in [7, 11) is 1.90. The van der Waals surface area contributed by atoms with E-state index in [2.05, 4.69) is 21.1 Å². The van der Waals surface area contributed by atoms with Crippen molar-refractivity contribution in [2.24, 2.45) is 13.0 Å². The minimum absolute atomic E-state index is 0.115. The maximum Gasteiger partial charge on any atom is 0.226 e. The quantitative estimate of drug-likeness (QED) is 0.840. The van der Waals surface area contributed by atoms with E-state index in [4.69, 9.17) is 5.26 Å². The molecule has 2 atom stereocenters. The molecule has 0 bridgehead atoms. The number of carbonyl (C=O) groups excluding carboxylic acids is 1. The molecule has 0 aromatic carbocycles. The van der Waals surface area contributed by atoms with Crippen molar-refractivity contribution in [1.29, 1.82) is 5.26 Å². The first kappa shape index (κ1) is 15.6. The molecule has 25 heavy (non-hydrogen) atoms. The Hall–Kier alpha value is -2.88. The summed E-state index contributed by atoms with van der Waals surface area (Å²) in [5.41, 5.74) is 1.73. The van der Waals surface area contributed by atoms with Crippen LogP contribution in [-0.2, 0) is 11.8 Å². The average molecular weight is 336 g/mol. The van der Waals surface area contributed by atoms with Gasteiger partial charge in [0.15, 0.2) is 0 Å².